The Hall–Kier alpha value is -1.62. The van der Waals surface area contributed by atoms with E-state index in [-0.39, 0.29) is 12.2 Å². The van der Waals surface area contributed by atoms with E-state index in [2.05, 4.69) is 14.9 Å². The van der Waals surface area contributed by atoms with Crippen LogP contribution in [0.5, 0.6) is 0 Å². The van der Waals surface area contributed by atoms with Gasteiger partial charge in [-0.15, -0.1) is 0 Å². The fraction of sp³-hybridized carbons (Fsp3) is 0.600. The van der Waals surface area contributed by atoms with Gasteiger partial charge in [-0.25, -0.2) is 17.9 Å². The van der Waals surface area contributed by atoms with Crippen molar-refractivity contribution in [2.75, 3.05) is 6.61 Å². The number of nitrogens with zero attached hydrogens (tertiary/aromatic N) is 1. The summed E-state index contributed by atoms with van der Waals surface area (Å²) < 4.78 is 67.0. The van der Waals surface area contributed by atoms with E-state index in [0.29, 0.717) is 0 Å². The molecular weight excluding hydrogens is 315 g/mol. The fourth-order valence-electron chi connectivity index (χ4n) is 1.55. The van der Waals surface area contributed by atoms with Gasteiger partial charge in [-0.3, -0.25) is 5.10 Å². The minimum absolute atomic E-state index is 0.0153. The average Bonchev–Trinajstić information content (AvgIpc) is 2.74. The quantitative estimate of drug-likeness (QED) is 0.764. The number of aromatic nitrogens is 2. The summed E-state index contributed by atoms with van der Waals surface area (Å²) in [6.07, 6.45) is -4.92. The third-order valence-electron chi connectivity index (χ3n) is 2.26. The lowest BCUT2D eigenvalue weighted by atomic mass is 10.2. The second-order valence-electron chi connectivity index (χ2n) is 4.17. The first-order chi connectivity index (χ1) is 9.57. The van der Waals surface area contributed by atoms with Crippen molar-refractivity contribution in [1.82, 2.24) is 14.9 Å². The molecule has 0 saturated heterocycles. The van der Waals surface area contributed by atoms with Crippen LogP contribution in [0.2, 0.25) is 0 Å². The highest BCUT2D eigenvalue weighted by Crippen LogP contribution is 2.22. The van der Waals surface area contributed by atoms with Gasteiger partial charge in [-0.2, -0.15) is 18.3 Å². The molecule has 0 aliphatic heterocycles. The normalized spacial score (nSPS) is 14.0. The predicted octanol–water partition coefficient (Wildman–Crippen LogP) is 1.21. The summed E-state index contributed by atoms with van der Waals surface area (Å²) in [7, 11) is -4.35. The van der Waals surface area contributed by atoms with E-state index in [1.165, 1.54) is 6.92 Å². The van der Waals surface area contributed by atoms with Gasteiger partial charge >= 0.3 is 12.1 Å². The Morgan fingerprint density at radius 3 is 2.67 bits per heavy atom. The Bertz CT molecular complexity index is 597. The van der Waals surface area contributed by atoms with E-state index in [1.54, 1.807) is 0 Å². The maximum atomic E-state index is 12.2. The van der Waals surface area contributed by atoms with Gasteiger partial charge in [0.25, 0.3) is 10.0 Å². The number of H-pyrrole nitrogens is 1. The number of rotatable bonds is 6. The third-order valence-corrected chi connectivity index (χ3v) is 3.82. The van der Waals surface area contributed by atoms with E-state index in [1.807, 2.05) is 4.72 Å². The first-order valence-electron chi connectivity index (χ1n) is 5.86. The largest absolute Gasteiger partial charge is 0.462 e. The second-order valence-corrected chi connectivity index (χ2v) is 5.83. The molecule has 1 atom stereocenters. The lowest BCUT2D eigenvalue weighted by Crippen LogP contribution is -2.36. The van der Waals surface area contributed by atoms with Crippen LogP contribution in [-0.4, -0.2) is 43.4 Å². The van der Waals surface area contributed by atoms with Gasteiger partial charge in [0.15, 0.2) is 5.03 Å². The van der Waals surface area contributed by atoms with Gasteiger partial charge in [-0.05, 0) is 13.8 Å². The number of aromatic amines is 1. The molecule has 0 saturated carbocycles. The van der Waals surface area contributed by atoms with Crippen LogP contribution >= 0.6 is 0 Å². The highest BCUT2D eigenvalue weighted by Gasteiger charge is 2.33. The topological polar surface area (TPSA) is 101 Å². The molecule has 120 valence electrons. The van der Waals surface area contributed by atoms with E-state index >= 15 is 0 Å². The molecule has 0 amide bonds. The molecule has 0 spiro atoms. The maximum Gasteiger partial charge on any atom is 0.390 e. The Morgan fingerprint density at radius 2 is 2.14 bits per heavy atom. The van der Waals surface area contributed by atoms with Crippen LogP contribution in [-0.2, 0) is 14.8 Å². The van der Waals surface area contributed by atoms with Gasteiger partial charge in [0, 0.05) is 6.04 Å². The Morgan fingerprint density at radius 1 is 1.52 bits per heavy atom. The summed E-state index contributed by atoms with van der Waals surface area (Å²) in [6.45, 7) is 2.60. The number of hydrogen-bond donors (Lipinski definition) is 2. The van der Waals surface area contributed by atoms with Crippen molar-refractivity contribution in [2.45, 2.75) is 37.5 Å². The molecule has 1 unspecified atom stereocenters. The fourth-order valence-corrected chi connectivity index (χ4v) is 2.88. The van der Waals surface area contributed by atoms with Crippen LogP contribution in [0, 0.1) is 0 Å². The molecule has 11 heteroatoms. The van der Waals surface area contributed by atoms with Crippen LogP contribution in [0.15, 0.2) is 11.2 Å². The zero-order chi connectivity index (χ0) is 16.3. The maximum absolute atomic E-state index is 12.2. The van der Waals surface area contributed by atoms with Crippen molar-refractivity contribution in [1.29, 1.82) is 0 Å². The van der Waals surface area contributed by atoms with E-state index in [0.717, 1.165) is 13.1 Å². The minimum atomic E-state index is -4.51. The molecule has 0 fully saturated rings. The summed E-state index contributed by atoms with van der Waals surface area (Å²) in [5.74, 6) is -0.935. The van der Waals surface area contributed by atoms with Crippen molar-refractivity contribution in [2.24, 2.45) is 0 Å². The first-order valence-corrected chi connectivity index (χ1v) is 7.34. The molecule has 21 heavy (non-hydrogen) atoms. The van der Waals surface area contributed by atoms with E-state index < -0.39 is 39.7 Å². The SMILES string of the molecule is CCOC(=O)c1cn[nH]c1S(=O)(=O)NC(C)CC(F)(F)F. The van der Waals surface area contributed by atoms with Crippen molar-refractivity contribution < 1.29 is 31.1 Å². The predicted molar refractivity (Wildman–Crippen MR) is 65.0 cm³/mol. The summed E-state index contributed by atoms with van der Waals surface area (Å²) in [6, 6.07) is -1.40. The Labute approximate surface area is 118 Å². The zero-order valence-electron chi connectivity index (χ0n) is 11.2. The number of halogens is 3. The minimum Gasteiger partial charge on any atom is -0.462 e. The molecule has 0 aliphatic rings. The van der Waals surface area contributed by atoms with E-state index in [4.69, 9.17) is 0 Å². The number of ether oxygens (including phenoxy) is 1. The highest BCUT2D eigenvalue weighted by molar-refractivity contribution is 7.89. The molecule has 0 aromatic carbocycles. The lowest BCUT2D eigenvalue weighted by molar-refractivity contribution is -0.137. The molecule has 0 bridgehead atoms. The lowest BCUT2D eigenvalue weighted by Gasteiger charge is -2.15. The van der Waals surface area contributed by atoms with Crippen LogP contribution < -0.4 is 4.72 Å². The van der Waals surface area contributed by atoms with Crippen molar-refractivity contribution in [3.05, 3.63) is 11.8 Å². The number of esters is 1. The molecule has 0 aliphatic carbocycles. The van der Waals surface area contributed by atoms with Crippen LogP contribution in [0.25, 0.3) is 0 Å². The molecule has 1 aromatic rings. The smallest absolute Gasteiger partial charge is 0.390 e. The van der Waals surface area contributed by atoms with Gasteiger partial charge in [-0.1, -0.05) is 0 Å². The summed E-state index contributed by atoms with van der Waals surface area (Å²) >= 11 is 0. The summed E-state index contributed by atoms with van der Waals surface area (Å²) in [5.41, 5.74) is -0.372. The third kappa shape index (κ3) is 5.01. The highest BCUT2D eigenvalue weighted by atomic mass is 32.2. The zero-order valence-corrected chi connectivity index (χ0v) is 12.0. The molecule has 7 nitrogen and oxygen atoms in total. The van der Waals surface area contributed by atoms with Crippen molar-refractivity contribution in [3.63, 3.8) is 0 Å². The van der Waals surface area contributed by atoms with Gasteiger partial charge < -0.3 is 4.74 Å². The summed E-state index contributed by atoms with van der Waals surface area (Å²) in [4.78, 5) is 11.5. The van der Waals surface area contributed by atoms with Crippen LogP contribution in [0.3, 0.4) is 0 Å². The van der Waals surface area contributed by atoms with Gasteiger partial charge in [0.2, 0.25) is 0 Å². The Balaban J connectivity index is 2.94. The number of sulfonamides is 1. The molecule has 2 N–H and O–H groups in total. The number of hydrogen-bond acceptors (Lipinski definition) is 5. The molecular formula is C10H14F3N3O4S. The second kappa shape index (κ2) is 6.43. The monoisotopic (exact) mass is 329 g/mol. The molecule has 1 aromatic heterocycles. The first kappa shape index (κ1) is 17.4. The van der Waals surface area contributed by atoms with Crippen LogP contribution in [0.1, 0.15) is 30.6 Å². The Kier molecular flexibility index (Phi) is 5.34. The number of carbonyl (C=O) groups is 1. The molecule has 1 heterocycles. The average molecular weight is 329 g/mol. The van der Waals surface area contributed by atoms with Crippen LogP contribution in [0.4, 0.5) is 13.2 Å². The molecule has 1 rings (SSSR count). The van der Waals surface area contributed by atoms with Crippen molar-refractivity contribution in [3.8, 4) is 0 Å². The number of carbonyl (C=O) groups excluding carboxylic acids is 1. The standard InChI is InChI=1S/C10H14F3N3O4S/c1-3-20-9(17)7-5-14-15-8(7)21(18,19)16-6(2)4-10(11,12)13/h5-6,16H,3-4H2,1-2H3,(H,14,15). The molecule has 0 radical (unpaired) electrons. The van der Waals surface area contributed by atoms with Gasteiger partial charge in [0.1, 0.15) is 5.56 Å². The van der Waals surface area contributed by atoms with Gasteiger partial charge in [0.05, 0.1) is 19.2 Å². The van der Waals surface area contributed by atoms with Crippen molar-refractivity contribution >= 4 is 16.0 Å². The number of alkyl halides is 3. The van der Waals surface area contributed by atoms with E-state index in [9.17, 15) is 26.4 Å². The number of nitrogens with one attached hydrogen (secondary N) is 2. The summed E-state index contributed by atoms with van der Waals surface area (Å²) in [5, 5.41) is 4.85.